The number of carbonyl (C=O) groups excluding carboxylic acids is 1. The van der Waals surface area contributed by atoms with Gasteiger partial charge in [0.2, 0.25) is 0 Å². The molecule has 5 heteroatoms. The second kappa shape index (κ2) is 6.79. The number of aromatic nitrogens is 2. The normalized spacial score (nSPS) is 16.7. The van der Waals surface area contributed by atoms with Gasteiger partial charge >= 0.3 is 0 Å². The quantitative estimate of drug-likeness (QED) is 0.838. The van der Waals surface area contributed by atoms with Gasteiger partial charge in [-0.25, -0.2) is 4.98 Å². The Hall–Kier alpha value is -1.49. The van der Waals surface area contributed by atoms with Crippen molar-refractivity contribution in [3.63, 3.8) is 0 Å². The van der Waals surface area contributed by atoms with E-state index in [0.29, 0.717) is 5.69 Å². The number of carbonyl (C=O) groups is 1. The molecule has 1 aromatic heterocycles. The van der Waals surface area contributed by atoms with Crippen LogP contribution in [0.3, 0.4) is 0 Å². The van der Waals surface area contributed by atoms with Crippen LogP contribution in [0.4, 0.5) is 0 Å². The van der Waals surface area contributed by atoms with E-state index in [4.69, 9.17) is 0 Å². The average molecular weight is 276 g/mol. The highest BCUT2D eigenvalue weighted by molar-refractivity contribution is 5.92. The number of likely N-dealkylation sites (tertiary alicyclic amines) is 1. The van der Waals surface area contributed by atoms with Gasteiger partial charge in [-0.15, -0.1) is 0 Å². The van der Waals surface area contributed by atoms with Gasteiger partial charge in [-0.05, 0) is 52.7 Å². The molecule has 0 atom stereocenters. The van der Waals surface area contributed by atoms with Gasteiger partial charge in [-0.1, -0.05) is 0 Å². The minimum Gasteiger partial charge on any atom is -0.337 e. The van der Waals surface area contributed by atoms with E-state index in [2.05, 4.69) is 29.0 Å². The first kappa shape index (κ1) is 14.9. The predicted octanol–water partition coefficient (Wildman–Crippen LogP) is 1.59. The summed E-state index contributed by atoms with van der Waals surface area (Å²) in [4.78, 5) is 24.7. The third-order valence-electron chi connectivity index (χ3n) is 3.89. The van der Waals surface area contributed by atoms with E-state index in [1.54, 1.807) is 12.4 Å². The van der Waals surface area contributed by atoms with Crippen LogP contribution in [0.15, 0.2) is 12.4 Å². The van der Waals surface area contributed by atoms with Crippen LogP contribution in [-0.2, 0) is 0 Å². The van der Waals surface area contributed by atoms with E-state index in [1.165, 1.54) is 6.42 Å². The van der Waals surface area contributed by atoms with Crippen molar-refractivity contribution in [2.45, 2.75) is 26.2 Å². The molecule has 0 saturated carbocycles. The molecule has 0 aromatic carbocycles. The lowest BCUT2D eigenvalue weighted by Crippen LogP contribution is -2.39. The van der Waals surface area contributed by atoms with Crippen molar-refractivity contribution in [3.05, 3.63) is 23.8 Å². The molecular weight excluding hydrogens is 252 g/mol. The van der Waals surface area contributed by atoms with Crippen LogP contribution in [0.5, 0.6) is 0 Å². The zero-order valence-electron chi connectivity index (χ0n) is 12.7. The Morgan fingerprint density at radius 3 is 2.55 bits per heavy atom. The topological polar surface area (TPSA) is 49.3 Å². The fourth-order valence-corrected chi connectivity index (χ4v) is 2.53. The summed E-state index contributed by atoms with van der Waals surface area (Å²) in [6.07, 6.45) is 6.64. The summed E-state index contributed by atoms with van der Waals surface area (Å²) in [5.41, 5.74) is 1.30. The highest BCUT2D eigenvalue weighted by Gasteiger charge is 2.24. The van der Waals surface area contributed by atoms with Gasteiger partial charge < -0.3 is 9.80 Å². The smallest absolute Gasteiger partial charge is 0.274 e. The number of piperidine rings is 1. The van der Waals surface area contributed by atoms with Gasteiger partial charge in [-0.3, -0.25) is 9.78 Å². The van der Waals surface area contributed by atoms with E-state index in [0.717, 1.165) is 44.1 Å². The molecule has 2 rings (SSSR count). The van der Waals surface area contributed by atoms with Crippen LogP contribution in [0, 0.1) is 12.8 Å². The zero-order valence-corrected chi connectivity index (χ0v) is 12.7. The molecule has 1 saturated heterocycles. The lowest BCUT2D eigenvalue weighted by Gasteiger charge is -2.32. The predicted molar refractivity (Wildman–Crippen MR) is 78.6 cm³/mol. The molecule has 1 aromatic rings. The highest BCUT2D eigenvalue weighted by atomic mass is 16.2. The van der Waals surface area contributed by atoms with Gasteiger partial charge in [0.25, 0.3) is 5.91 Å². The van der Waals surface area contributed by atoms with Crippen LogP contribution in [0.25, 0.3) is 0 Å². The monoisotopic (exact) mass is 276 g/mol. The molecule has 1 aliphatic rings. The van der Waals surface area contributed by atoms with Crippen LogP contribution in [0.2, 0.25) is 0 Å². The Balaban J connectivity index is 1.84. The van der Waals surface area contributed by atoms with Crippen LogP contribution in [0.1, 0.15) is 35.4 Å². The minimum atomic E-state index is 0.0172. The fraction of sp³-hybridized carbons (Fsp3) is 0.667. The summed E-state index contributed by atoms with van der Waals surface area (Å²) in [5, 5.41) is 0. The number of hydrogen-bond donors (Lipinski definition) is 0. The van der Waals surface area contributed by atoms with Crippen molar-refractivity contribution >= 4 is 5.91 Å². The lowest BCUT2D eigenvalue weighted by molar-refractivity contribution is 0.0677. The Morgan fingerprint density at radius 1 is 1.30 bits per heavy atom. The summed E-state index contributed by atoms with van der Waals surface area (Å²) < 4.78 is 0. The van der Waals surface area contributed by atoms with Gasteiger partial charge in [-0.2, -0.15) is 0 Å². The van der Waals surface area contributed by atoms with Gasteiger partial charge in [0.15, 0.2) is 0 Å². The summed E-state index contributed by atoms with van der Waals surface area (Å²) in [5.74, 6) is 0.758. The Bertz CT molecular complexity index is 436. The van der Waals surface area contributed by atoms with Crippen molar-refractivity contribution in [1.82, 2.24) is 19.8 Å². The number of hydrogen-bond acceptors (Lipinski definition) is 4. The summed E-state index contributed by atoms with van der Waals surface area (Å²) in [7, 11) is 4.21. The first-order valence-electron chi connectivity index (χ1n) is 7.29. The lowest BCUT2D eigenvalue weighted by atomic mass is 9.93. The molecule has 0 aliphatic carbocycles. The van der Waals surface area contributed by atoms with Gasteiger partial charge in [0.05, 0.1) is 11.9 Å². The van der Waals surface area contributed by atoms with E-state index in [-0.39, 0.29) is 5.91 Å². The SMILES string of the molecule is Cc1cnc(C(=O)N2CCC(CCN(C)C)CC2)cn1. The first-order chi connectivity index (χ1) is 9.56. The van der Waals surface area contributed by atoms with Crippen molar-refractivity contribution in [2.24, 2.45) is 5.92 Å². The maximum atomic E-state index is 12.3. The largest absolute Gasteiger partial charge is 0.337 e. The Kier molecular flexibility index (Phi) is 5.06. The summed E-state index contributed by atoms with van der Waals surface area (Å²) in [6.45, 7) is 4.68. The Morgan fingerprint density at radius 2 is 2.00 bits per heavy atom. The molecule has 1 amide bonds. The number of nitrogens with zero attached hydrogens (tertiary/aromatic N) is 4. The molecule has 5 nitrogen and oxygen atoms in total. The molecule has 1 aliphatic heterocycles. The van der Waals surface area contributed by atoms with Crippen LogP contribution >= 0.6 is 0 Å². The molecule has 0 N–H and O–H groups in total. The van der Waals surface area contributed by atoms with Crippen molar-refractivity contribution in [2.75, 3.05) is 33.7 Å². The Labute approximate surface area is 121 Å². The molecule has 0 bridgehead atoms. The molecule has 20 heavy (non-hydrogen) atoms. The van der Waals surface area contributed by atoms with E-state index < -0.39 is 0 Å². The van der Waals surface area contributed by atoms with Crippen LogP contribution in [-0.4, -0.2) is 59.4 Å². The summed E-state index contributed by atoms with van der Waals surface area (Å²) >= 11 is 0. The van der Waals surface area contributed by atoms with E-state index >= 15 is 0 Å². The zero-order chi connectivity index (χ0) is 14.5. The third-order valence-corrected chi connectivity index (χ3v) is 3.89. The van der Waals surface area contributed by atoms with Crippen molar-refractivity contribution in [1.29, 1.82) is 0 Å². The number of aryl methyl sites for hydroxylation is 1. The highest BCUT2D eigenvalue weighted by Crippen LogP contribution is 2.21. The summed E-state index contributed by atoms with van der Waals surface area (Å²) in [6, 6.07) is 0. The number of rotatable bonds is 4. The van der Waals surface area contributed by atoms with E-state index in [9.17, 15) is 4.79 Å². The van der Waals surface area contributed by atoms with Gasteiger partial charge in [0, 0.05) is 19.3 Å². The van der Waals surface area contributed by atoms with Crippen molar-refractivity contribution < 1.29 is 4.79 Å². The second-order valence-electron chi connectivity index (χ2n) is 5.87. The fourth-order valence-electron chi connectivity index (χ4n) is 2.53. The molecule has 0 unspecified atom stereocenters. The molecule has 110 valence electrons. The molecule has 0 radical (unpaired) electrons. The van der Waals surface area contributed by atoms with Crippen LogP contribution < -0.4 is 0 Å². The molecule has 0 spiro atoms. The third kappa shape index (κ3) is 4.00. The van der Waals surface area contributed by atoms with Gasteiger partial charge in [0.1, 0.15) is 5.69 Å². The molecule has 1 fully saturated rings. The maximum absolute atomic E-state index is 12.3. The van der Waals surface area contributed by atoms with E-state index in [1.807, 2.05) is 11.8 Å². The standard InChI is InChI=1S/C15H24N4O/c1-12-10-17-14(11-16-12)15(20)19-8-5-13(6-9-19)4-7-18(2)3/h10-11,13H,4-9H2,1-3H3. The first-order valence-corrected chi connectivity index (χ1v) is 7.29. The average Bonchev–Trinajstić information content (AvgIpc) is 2.46. The molecule has 2 heterocycles. The second-order valence-corrected chi connectivity index (χ2v) is 5.87. The molecular formula is C15H24N4O. The number of amides is 1. The maximum Gasteiger partial charge on any atom is 0.274 e. The van der Waals surface area contributed by atoms with Crippen molar-refractivity contribution in [3.8, 4) is 0 Å². The minimum absolute atomic E-state index is 0.0172.